The summed E-state index contributed by atoms with van der Waals surface area (Å²) in [5, 5.41) is 12.5. The van der Waals surface area contributed by atoms with Gasteiger partial charge in [0.15, 0.2) is 0 Å². The van der Waals surface area contributed by atoms with Crippen molar-refractivity contribution in [2.24, 2.45) is 0 Å². The summed E-state index contributed by atoms with van der Waals surface area (Å²) in [6, 6.07) is 7.15. The number of carboxylic acids is 1. The summed E-state index contributed by atoms with van der Waals surface area (Å²) in [5.74, 6) is -1.37. The maximum Gasteiger partial charge on any atom is 0.352 e. The first-order valence-electron chi connectivity index (χ1n) is 6.02. The van der Waals surface area contributed by atoms with Crippen LogP contribution in [0, 0.1) is 0 Å². The molecule has 1 heterocycles. The van der Waals surface area contributed by atoms with E-state index in [9.17, 15) is 14.4 Å². The molecule has 4 N–H and O–H groups in total. The molecule has 7 nitrogen and oxygen atoms in total. The predicted molar refractivity (Wildman–Crippen MR) is 76.6 cm³/mol. The van der Waals surface area contributed by atoms with Gasteiger partial charge in [0, 0.05) is 18.1 Å². The van der Waals surface area contributed by atoms with Gasteiger partial charge in [-0.25, -0.2) is 9.59 Å². The standard InChI is InChI=1S/C13H12ClN3O4/c14-9-4-2-1-3-7(9)5-15-6-8-10(12(19)20)16-13(21)17-11(8)18/h1-4,15H,5-6H2,(H,19,20)(H2,16,17,18,21). The number of H-pyrrole nitrogens is 2. The first-order chi connectivity index (χ1) is 9.99. The van der Waals surface area contributed by atoms with E-state index in [1.807, 2.05) is 17.1 Å². The minimum atomic E-state index is -1.37. The number of benzene rings is 1. The van der Waals surface area contributed by atoms with Crippen molar-refractivity contribution in [3.05, 3.63) is 66.9 Å². The Kier molecular flexibility index (Phi) is 4.56. The van der Waals surface area contributed by atoms with Crippen LogP contribution < -0.4 is 16.6 Å². The van der Waals surface area contributed by atoms with Crippen LogP contribution in [0.25, 0.3) is 0 Å². The highest BCUT2D eigenvalue weighted by molar-refractivity contribution is 6.31. The quantitative estimate of drug-likeness (QED) is 0.649. The molecular weight excluding hydrogens is 298 g/mol. The molecule has 0 saturated heterocycles. The summed E-state index contributed by atoms with van der Waals surface area (Å²) in [7, 11) is 0. The number of nitrogens with one attached hydrogen (secondary N) is 3. The maximum atomic E-state index is 11.7. The smallest absolute Gasteiger partial charge is 0.352 e. The molecular formula is C13H12ClN3O4. The van der Waals surface area contributed by atoms with E-state index in [0.717, 1.165) is 5.56 Å². The number of aromatic amines is 2. The molecule has 110 valence electrons. The van der Waals surface area contributed by atoms with Crippen molar-refractivity contribution < 1.29 is 9.90 Å². The molecule has 0 atom stereocenters. The van der Waals surface area contributed by atoms with Crippen LogP contribution in [0.2, 0.25) is 5.02 Å². The monoisotopic (exact) mass is 309 g/mol. The Morgan fingerprint density at radius 3 is 2.57 bits per heavy atom. The highest BCUT2D eigenvalue weighted by atomic mass is 35.5. The van der Waals surface area contributed by atoms with Crippen molar-refractivity contribution in [1.29, 1.82) is 0 Å². The normalized spacial score (nSPS) is 10.5. The largest absolute Gasteiger partial charge is 0.477 e. The molecule has 0 spiro atoms. The fourth-order valence-electron chi connectivity index (χ4n) is 1.83. The number of rotatable bonds is 5. The number of carbonyl (C=O) groups is 1. The maximum absolute atomic E-state index is 11.7. The van der Waals surface area contributed by atoms with Crippen LogP contribution in [0.3, 0.4) is 0 Å². The highest BCUT2D eigenvalue weighted by Gasteiger charge is 2.15. The Labute approximate surface area is 123 Å². The molecule has 0 bridgehead atoms. The van der Waals surface area contributed by atoms with Gasteiger partial charge in [0.05, 0.1) is 5.56 Å². The van der Waals surface area contributed by atoms with Gasteiger partial charge in [-0.3, -0.25) is 9.78 Å². The lowest BCUT2D eigenvalue weighted by molar-refractivity contribution is 0.0688. The fourth-order valence-corrected chi connectivity index (χ4v) is 2.03. The number of carboxylic acid groups (broad SMARTS) is 1. The van der Waals surface area contributed by atoms with Gasteiger partial charge in [-0.1, -0.05) is 29.8 Å². The molecule has 0 radical (unpaired) electrons. The van der Waals surface area contributed by atoms with Gasteiger partial charge < -0.3 is 15.4 Å². The van der Waals surface area contributed by atoms with Gasteiger partial charge in [-0.15, -0.1) is 0 Å². The van der Waals surface area contributed by atoms with Crippen molar-refractivity contribution in [2.75, 3.05) is 0 Å². The lowest BCUT2D eigenvalue weighted by Crippen LogP contribution is -2.32. The Morgan fingerprint density at radius 2 is 1.90 bits per heavy atom. The van der Waals surface area contributed by atoms with Crippen LogP contribution >= 0.6 is 11.6 Å². The van der Waals surface area contributed by atoms with E-state index in [4.69, 9.17) is 16.7 Å². The van der Waals surface area contributed by atoms with Crippen LogP contribution in [0.1, 0.15) is 21.6 Å². The molecule has 0 unspecified atom stereocenters. The molecule has 1 aromatic carbocycles. The number of hydrogen-bond acceptors (Lipinski definition) is 4. The zero-order valence-electron chi connectivity index (χ0n) is 10.8. The van der Waals surface area contributed by atoms with E-state index in [2.05, 4.69) is 10.3 Å². The fraction of sp³-hybridized carbons (Fsp3) is 0.154. The molecule has 0 aliphatic rings. The highest BCUT2D eigenvalue weighted by Crippen LogP contribution is 2.14. The van der Waals surface area contributed by atoms with Crippen molar-refractivity contribution >= 4 is 17.6 Å². The lowest BCUT2D eigenvalue weighted by atomic mass is 10.2. The van der Waals surface area contributed by atoms with Gasteiger partial charge in [-0.05, 0) is 11.6 Å². The number of aromatic carboxylic acids is 1. The van der Waals surface area contributed by atoms with Gasteiger partial charge in [0.25, 0.3) is 5.56 Å². The summed E-state index contributed by atoms with van der Waals surface area (Å²) in [6.45, 7) is 0.344. The predicted octanol–water partition coefficient (Wildman–Crippen LogP) is 0.705. The Bertz CT molecular complexity index is 781. The van der Waals surface area contributed by atoms with Crippen LogP contribution in [0.15, 0.2) is 33.9 Å². The van der Waals surface area contributed by atoms with E-state index in [0.29, 0.717) is 11.6 Å². The van der Waals surface area contributed by atoms with Crippen LogP contribution in [0.5, 0.6) is 0 Å². The van der Waals surface area contributed by atoms with Crippen molar-refractivity contribution in [2.45, 2.75) is 13.1 Å². The average Bonchev–Trinajstić information content (AvgIpc) is 2.42. The van der Waals surface area contributed by atoms with E-state index < -0.39 is 22.9 Å². The molecule has 0 aliphatic heterocycles. The Morgan fingerprint density at radius 1 is 1.19 bits per heavy atom. The lowest BCUT2D eigenvalue weighted by Gasteiger charge is -2.08. The number of halogens is 1. The Hall–Kier alpha value is -2.38. The molecule has 1 aromatic heterocycles. The summed E-state index contributed by atoms with van der Waals surface area (Å²) >= 11 is 5.99. The molecule has 2 rings (SSSR count). The SMILES string of the molecule is O=C(O)c1[nH]c(=O)[nH]c(=O)c1CNCc1ccccc1Cl. The summed E-state index contributed by atoms with van der Waals surface area (Å²) < 4.78 is 0. The van der Waals surface area contributed by atoms with Gasteiger partial charge in [0.1, 0.15) is 5.69 Å². The Balaban J connectivity index is 2.17. The van der Waals surface area contributed by atoms with E-state index >= 15 is 0 Å². The topological polar surface area (TPSA) is 115 Å². The molecule has 2 aromatic rings. The van der Waals surface area contributed by atoms with Crippen molar-refractivity contribution in [3.8, 4) is 0 Å². The third-order valence-corrected chi connectivity index (χ3v) is 3.20. The van der Waals surface area contributed by atoms with Crippen molar-refractivity contribution in [3.63, 3.8) is 0 Å². The first kappa shape index (κ1) is 15.0. The third-order valence-electron chi connectivity index (χ3n) is 2.83. The molecule has 0 aliphatic carbocycles. The third kappa shape index (κ3) is 3.59. The minimum absolute atomic E-state index is 0.0149. The zero-order chi connectivity index (χ0) is 15.4. The molecule has 0 amide bonds. The van der Waals surface area contributed by atoms with Gasteiger partial charge >= 0.3 is 11.7 Å². The number of aromatic nitrogens is 2. The van der Waals surface area contributed by atoms with Crippen LogP contribution in [-0.4, -0.2) is 21.0 Å². The molecule has 8 heteroatoms. The first-order valence-corrected chi connectivity index (χ1v) is 6.39. The summed E-state index contributed by atoms with van der Waals surface area (Å²) in [6.07, 6.45) is 0. The minimum Gasteiger partial charge on any atom is -0.477 e. The number of hydrogen-bond donors (Lipinski definition) is 4. The second kappa shape index (κ2) is 6.38. The van der Waals surface area contributed by atoms with Crippen LogP contribution in [-0.2, 0) is 13.1 Å². The summed E-state index contributed by atoms with van der Waals surface area (Å²) in [4.78, 5) is 37.9. The van der Waals surface area contributed by atoms with Gasteiger partial charge in [0.2, 0.25) is 0 Å². The second-order valence-electron chi connectivity index (χ2n) is 4.26. The summed E-state index contributed by atoms with van der Waals surface area (Å²) in [5.41, 5.74) is -1.24. The van der Waals surface area contributed by atoms with Gasteiger partial charge in [-0.2, -0.15) is 0 Å². The second-order valence-corrected chi connectivity index (χ2v) is 4.67. The van der Waals surface area contributed by atoms with E-state index in [-0.39, 0.29) is 12.1 Å². The van der Waals surface area contributed by atoms with E-state index in [1.54, 1.807) is 12.1 Å². The average molecular weight is 310 g/mol. The molecule has 0 saturated carbocycles. The van der Waals surface area contributed by atoms with Crippen LogP contribution in [0.4, 0.5) is 0 Å². The molecule has 0 fully saturated rings. The molecule has 21 heavy (non-hydrogen) atoms. The van der Waals surface area contributed by atoms with Crippen molar-refractivity contribution in [1.82, 2.24) is 15.3 Å². The van der Waals surface area contributed by atoms with E-state index in [1.165, 1.54) is 0 Å². The zero-order valence-corrected chi connectivity index (χ0v) is 11.5.